The number of imidazole rings is 1. The van der Waals surface area contributed by atoms with Crippen LogP contribution in [0, 0.1) is 0 Å². The molecule has 0 aliphatic carbocycles. The van der Waals surface area contributed by atoms with Crippen LogP contribution in [0.5, 0.6) is 0 Å². The predicted octanol–water partition coefficient (Wildman–Crippen LogP) is 1.78. The number of pyridine rings is 2. The van der Waals surface area contributed by atoms with E-state index < -0.39 is 6.98 Å². The standard InChI is InChI=1S/C16H14N5/c1-19-12-5-7-17-8-11(12)14-16(19)21-9-10-4-3-6-18-13(10)15(21)20(14)2/h3-8H,9H2,1-2H3/q+1/i1D3. The first kappa shape index (κ1) is 8.56. The lowest BCUT2D eigenvalue weighted by atomic mass is 10.2. The summed E-state index contributed by atoms with van der Waals surface area (Å²) >= 11 is 0. The highest BCUT2D eigenvalue weighted by atomic mass is 15.2. The number of hydrogen-bond donors (Lipinski definition) is 0. The summed E-state index contributed by atoms with van der Waals surface area (Å²) in [5.41, 5.74) is 4.25. The van der Waals surface area contributed by atoms with Crippen LogP contribution in [0.1, 0.15) is 9.68 Å². The molecule has 5 nitrogen and oxygen atoms in total. The first-order valence-corrected chi connectivity index (χ1v) is 6.80. The van der Waals surface area contributed by atoms with E-state index in [9.17, 15) is 0 Å². The van der Waals surface area contributed by atoms with E-state index in [0.29, 0.717) is 17.7 Å². The van der Waals surface area contributed by atoms with Gasteiger partial charge in [0.1, 0.15) is 11.2 Å². The number of nitrogens with zero attached hydrogens (tertiary/aromatic N) is 5. The number of aromatic nitrogens is 5. The van der Waals surface area contributed by atoms with Gasteiger partial charge in [-0.25, -0.2) is 9.55 Å². The van der Waals surface area contributed by atoms with Crippen molar-refractivity contribution < 1.29 is 8.68 Å². The Hall–Kier alpha value is -2.69. The van der Waals surface area contributed by atoms with Crippen LogP contribution in [-0.4, -0.2) is 19.1 Å². The summed E-state index contributed by atoms with van der Waals surface area (Å²) in [6.07, 6.45) is 5.13. The zero-order chi connectivity index (χ0) is 16.6. The zero-order valence-corrected chi connectivity index (χ0v) is 11.4. The fourth-order valence-electron chi connectivity index (χ4n) is 3.45. The van der Waals surface area contributed by atoms with Crippen LogP contribution in [0.25, 0.3) is 33.6 Å². The summed E-state index contributed by atoms with van der Waals surface area (Å²) in [6, 6.07) is 5.70. The van der Waals surface area contributed by atoms with Gasteiger partial charge in [-0.15, -0.1) is 0 Å². The minimum absolute atomic E-state index is 0.621. The molecule has 21 heavy (non-hydrogen) atoms. The van der Waals surface area contributed by atoms with Crippen LogP contribution in [0.4, 0.5) is 0 Å². The Bertz CT molecular complexity index is 1140. The SMILES string of the molecule is [2H]C([2H])([2H])n1c2ccncc2c2c1[n+]1c(n2C)-c2ncccc2C1. The summed E-state index contributed by atoms with van der Waals surface area (Å²) in [4.78, 5) is 8.69. The van der Waals surface area contributed by atoms with Crippen molar-refractivity contribution in [2.24, 2.45) is 14.0 Å². The van der Waals surface area contributed by atoms with Crippen molar-refractivity contribution in [3.8, 4) is 11.5 Å². The van der Waals surface area contributed by atoms with E-state index in [1.807, 2.05) is 28.3 Å². The lowest BCUT2D eigenvalue weighted by Gasteiger charge is -1.97. The summed E-state index contributed by atoms with van der Waals surface area (Å²) in [5, 5.41) is 0.838. The van der Waals surface area contributed by atoms with Crippen LogP contribution in [0.3, 0.4) is 0 Å². The molecule has 0 spiro atoms. The van der Waals surface area contributed by atoms with Crippen LogP contribution < -0.4 is 4.57 Å². The molecule has 0 bridgehead atoms. The third-order valence-electron chi connectivity index (χ3n) is 4.31. The molecule has 1 aliphatic heterocycles. The molecule has 0 saturated carbocycles. The van der Waals surface area contributed by atoms with Gasteiger partial charge >= 0.3 is 0 Å². The maximum atomic E-state index is 8.02. The Balaban J connectivity index is 2.02. The predicted molar refractivity (Wildman–Crippen MR) is 79.7 cm³/mol. The van der Waals surface area contributed by atoms with Crippen molar-refractivity contribution >= 4 is 22.1 Å². The molecule has 0 N–H and O–H groups in total. The maximum Gasteiger partial charge on any atom is 0.269 e. The Labute approximate surface area is 125 Å². The average molecular weight is 279 g/mol. The summed E-state index contributed by atoms with van der Waals surface area (Å²) < 4.78 is 29.6. The van der Waals surface area contributed by atoms with Crippen molar-refractivity contribution in [1.82, 2.24) is 19.1 Å². The number of aryl methyl sites for hydroxylation is 2. The fourth-order valence-corrected chi connectivity index (χ4v) is 3.45. The van der Waals surface area contributed by atoms with Gasteiger partial charge in [-0.3, -0.25) is 14.1 Å². The van der Waals surface area contributed by atoms with Crippen LogP contribution >= 0.6 is 0 Å². The van der Waals surface area contributed by atoms with Gasteiger partial charge < -0.3 is 0 Å². The Morgan fingerprint density at radius 2 is 2.24 bits per heavy atom. The highest BCUT2D eigenvalue weighted by Crippen LogP contribution is 2.33. The van der Waals surface area contributed by atoms with Gasteiger partial charge in [-0.2, -0.15) is 0 Å². The van der Waals surface area contributed by atoms with E-state index in [-0.39, 0.29) is 0 Å². The topological polar surface area (TPSA) is 39.5 Å². The first-order valence-electron chi connectivity index (χ1n) is 8.30. The molecule has 4 aromatic rings. The third-order valence-corrected chi connectivity index (χ3v) is 4.31. The number of hydrogen-bond acceptors (Lipinski definition) is 2. The minimum atomic E-state index is -2.27. The van der Waals surface area contributed by atoms with Crippen molar-refractivity contribution in [2.45, 2.75) is 6.54 Å². The lowest BCUT2D eigenvalue weighted by Crippen LogP contribution is -2.33. The molecule has 0 fully saturated rings. The van der Waals surface area contributed by atoms with Gasteiger partial charge in [-0.05, 0) is 12.1 Å². The number of fused-ring (bicyclic) bond motifs is 7. The van der Waals surface area contributed by atoms with E-state index in [1.165, 1.54) is 4.57 Å². The van der Waals surface area contributed by atoms with Crippen molar-refractivity contribution in [3.63, 3.8) is 0 Å². The smallest absolute Gasteiger partial charge is 0.264 e. The number of rotatable bonds is 0. The maximum absolute atomic E-state index is 8.02. The fraction of sp³-hybridized carbons (Fsp3) is 0.188. The lowest BCUT2D eigenvalue weighted by molar-refractivity contribution is -0.648. The molecule has 5 heteroatoms. The summed E-state index contributed by atoms with van der Waals surface area (Å²) in [6.45, 7) is -1.65. The Morgan fingerprint density at radius 1 is 1.29 bits per heavy atom. The molecule has 0 amide bonds. The molecule has 0 unspecified atom stereocenters. The molecular formula is C16H14N5+. The van der Waals surface area contributed by atoms with Gasteiger partial charge in [0.15, 0.2) is 5.52 Å². The molecule has 5 heterocycles. The zero-order valence-electron chi connectivity index (χ0n) is 14.4. The highest BCUT2D eigenvalue weighted by Gasteiger charge is 2.35. The Kier molecular flexibility index (Phi) is 1.42. The van der Waals surface area contributed by atoms with Gasteiger partial charge in [0, 0.05) is 24.2 Å². The van der Waals surface area contributed by atoms with Crippen molar-refractivity contribution in [3.05, 3.63) is 42.4 Å². The first-order chi connectivity index (χ1) is 11.5. The molecule has 4 aromatic heterocycles. The van der Waals surface area contributed by atoms with Crippen LogP contribution in [0.2, 0.25) is 0 Å². The van der Waals surface area contributed by atoms with Gasteiger partial charge in [0.25, 0.3) is 11.5 Å². The van der Waals surface area contributed by atoms with E-state index >= 15 is 0 Å². The van der Waals surface area contributed by atoms with Crippen molar-refractivity contribution in [2.75, 3.05) is 0 Å². The van der Waals surface area contributed by atoms with Crippen LogP contribution in [0.15, 0.2) is 36.8 Å². The molecule has 0 aromatic carbocycles. The molecule has 1 aliphatic rings. The normalized spacial score (nSPS) is 15.8. The molecule has 102 valence electrons. The summed E-state index contributed by atoms with van der Waals surface area (Å²) in [7, 11) is 1.95. The average Bonchev–Trinajstić information content (AvgIpc) is 3.16. The van der Waals surface area contributed by atoms with E-state index in [2.05, 4.69) is 9.97 Å². The largest absolute Gasteiger partial charge is 0.269 e. The summed E-state index contributed by atoms with van der Waals surface area (Å²) in [5.74, 6) is 0.930. The van der Waals surface area contributed by atoms with Crippen LogP contribution in [-0.2, 0) is 20.6 Å². The van der Waals surface area contributed by atoms with Gasteiger partial charge in [-0.1, -0.05) is 6.07 Å². The van der Waals surface area contributed by atoms with Gasteiger partial charge in [0.05, 0.1) is 30.1 Å². The second-order valence-electron chi connectivity index (χ2n) is 5.38. The van der Waals surface area contributed by atoms with E-state index in [4.69, 9.17) is 4.11 Å². The molecule has 0 saturated heterocycles. The molecular weight excluding hydrogens is 262 g/mol. The molecule has 0 atom stereocenters. The minimum Gasteiger partial charge on any atom is -0.264 e. The second-order valence-corrected chi connectivity index (χ2v) is 5.38. The second kappa shape index (κ2) is 3.49. The monoisotopic (exact) mass is 279 g/mol. The third kappa shape index (κ3) is 1.15. The van der Waals surface area contributed by atoms with Crippen molar-refractivity contribution in [1.29, 1.82) is 0 Å². The van der Waals surface area contributed by atoms with E-state index in [1.54, 1.807) is 24.7 Å². The molecule has 5 rings (SSSR count). The highest BCUT2D eigenvalue weighted by molar-refractivity contribution is 6.04. The molecule has 0 radical (unpaired) electrons. The van der Waals surface area contributed by atoms with E-state index in [0.717, 1.165) is 28.0 Å². The quantitative estimate of drug-likeness (QED) is 0.405. The Morgan fingerprint density at radius 3 is 3.14 bits per heavy atom. The van der Waals surface area contributed by atoms with Gasteiger partial charge in [0.2, 0.25) is 0 Å².